The third-order valence-corrected chi connectivity index (χ3v) is 6.71. The maximum atomic E-state index is 12.6. The van der Waals surface area contributed by atoms with E-state index in [0.29, 0.717) is 18.7 Å². The Morgan fingerprint density at radius 2 is 1.64 bits per heavy atom. The molecule has 0 amide bonds. The molecular formula is C28H31F3N2O3. The second-order valence-electron chi connectivity index (χ2n) is 8.93. The molecule has 0 saturated carbocycles. The van der Waals surface area contributed by atoms with Crippen LogP contribution in [0.15, 0.2) is 78.9 Å². The molecule has 3 aromatic rings. The number of aliphatic hydroxyl groups is 1. The summed E-state index contributed by atoms with van der Waals surface area (Å²) < 4.78 is 47.3. The zero-order chi connectivity index (χ0) is 25.5. The summed E-state index contributed by atoms with van der Waals surface area (Å²) in [6.07, 6.45) is -4.14. The zero-order valence-corrected chi connectivity index (χ0v) is 20.0. The molecule has 1 fully saturated rings. The minimum absolute atomic E-state index is 0.00151. The van der Waals surface area contributed by atoms with Gasteiger partial charge in [-0.2, -0.15) is 0 Å². The molecule has 5 nitrogen and oxygen atoms in total. The monoisotopic (exact) mass is 500 g/mol. The maximum Gasteiger partial charge on any atom is 0.573 e. The van der Waals surface area contributed by atoms with Crippen LogP contribution in [0.25, 0.3) is 0 Å². The van der Waals surface area contributed by atoms with E-state index >= 15 is 0 Å². The highest BCUT2D eigenvalue weighted by atomic mass is 19.4. The molecule has 0 aromatic heterocycles. The number of rotatable bonds is 10. The van der Waals surface area contributed by atoms with Crippen LogP contribution in [0.5, 0.6) is 11.5 Å². The normalized spacial score (nSPS) is 20.0. The van der Waals surface area contributed by atoms with E-state index in [2.05, 4.69) is 39.6 Å². The van der Waals surface area contributed by atoms with Crippen LogP contribution >= 0.6 is 0 Å². The van der Waals surface area contributed by atoms with E-state index < -0.39 is 6.36 Å². The van der Waals surface area contributed by atoms with E-state index in [0.717, 1.165) is 12.1 Å². The molecule has 0 aliphatic carbocycles. The summed E-state index contributed by atoms with van der Waals surface area (Å²) in [7, 11) is 1.42. The number of halogens is 3. The average Bonchev–Trinajstić information content (AvgIpc) is 3.26. The Kier molecular flexibility index (Phi) is 8.51. The van der Waals surface area contributed by atoms with Gasteiger partial charge in [0, 0.05) is 42.8 Å². The minimum atomic E-state index is -4.77. The number of hydrogen-bond acceptors (Lipinski definition) is 5. The summed E-state index contributed by atoms with van der Waals surface area (Å²) in [6, 6.07) is 24.8. The zero-order valence-electron chi connectivity index (χ0n) is 20.0. The van der Waals surface area contributed by atoms with Crippen LogP contribution in [0, 0.1) is 5.92 Å². The van der Waals surface area contributed by atoms with Crippen LogP contribution in [-0.4, -0.2) is 43.8 Å². The molecule has 4 rings (SSSR count). The van der Waals surface area contributed by atoms with Crippen molar-refractivity contribution in [1.82, 2.24) is 10.6 Å². The van der Waals surface area contributed by atoms with E-state index in [-0.39, 0.29) is 36.3 Å². The van der Waals surface area contributed by atoms with Gasteiger partial charge in [-0.1, -0.05) is 66.7 Å². The Morgan fingerprint density at radius 3 is 2.19 bits per heavy atom. The molecule has 3 aromatic carbocycles. The van der Waals surface area contributed by atoms with Crippen molar-refractivity contribution in [3.63, 3.8) is 0 Å². The molecule has 3 N–H and O–H groups in total. The molecule has 1 aliphatic heterocycles. The number of alkyl halides is 3. The van der Waals surface area contributed by atoms with Crippen molar-refractivity contribution in [1.29, 1.82) is 0 Å². The highest BCUT2D eigenvalue weighted by Crippen LogP contribution is 2.35. The quantitative estimate of drug-likeness (QED) is 0.371. The number of hydrogen-bond donors (Lipinski definition) is 3. The first-order chi connectivity index (χ1) is 17.4. The largest absolute Gasteiger partial charge is 0.573 e. The van der Waals surface area contributed by atoms with Crippen molar-refractivity contribution in [3.05, 3.63) is 95.6 Å². The van der Waals surface area contributed by atoms with Gasteiger partial charge >= 0.3 is 6.36 Å². The van der Waals surface area contributed by atoms with Crippen LogP contribution in [0.4, 0.5) is 13.2 Å². The van der Waals surface area contributed by atoms with E-state index in [1.54, 1.807) is 6.07 Å². The molecule has 3 atom stereocenters. The lowest BCUT2D eigenvalue weighted by Gasteiger charge is -2.32. The first kappa shape index (κ1) is 26.0. The predicted octanol–water partition coefficient (Wildman–Crippen LogP) is 4.85. The number of nitrogens with one attached hydrogen (secondary N) is 2. The minimum Gasteiger partial charge on any atom is -0.496 e. The third kappa shape index (κ3) is 6.37. The fraction of sp³-hybridized carbons (Fsp3) is 0.357. The smallest absolute Gasteiger partial charge is 0.496 e. The van der Waals surface area contributed by atoms with Gasteiger partial charge in [0.05, 0.1) is 7.11 Å². The Labute approximate surface area is 209 Å². The summed E-state index contributed by atoms with van der Waals surface area (Å²) in [5.41, 5.74) is 3.09. The van der Waals surface area contributed by atoms with Gasteiger partial charge in [0.1, 0.15) is 11.5 Å². The van der Waals surface area contributed by atoms with Gasteiger partial charge in [-0.15, -0.1) is 13.2 Å². The lowest BCUT2D eigenvalue weighted by molar-refractivity contribution is -0.274. The van der Waals surface area contributed by atoms with Crippen molar-refractivity contribution >= 4 is 0 Å². The number of aliphatic hydroxyl groups excluding tert-OH is 1. The van der Waals surface area contributed by atoms with Gasteiger partial charge in [0.2, 0.25) is 0 Å². The Balaban J connectivity index is 1.60. The van der Waals surface area contributed by atoms with Gasteiger partial charge in [-0.3, -0.25) is 0 Å². The molecule has 0 radical (unpaired) electrons. The van der Waals surface area contributed by atoms with E-state index in [4.69, 9.17) is 4.74 Å². The highest BCUT2D eigenvalue weighted by molar-refractivity contribution is 5.41. The van der Waals surface area contributed by atoms with Crippen molar-refractivity contribution in [2.24, 2.45) is 5.92 Å². The lowest BCUT2D eigenvalue weighted by Crippen LogP contribution is -2.46. The molecule has 0 bridgehead atoms. The first-order valence-corrected chi connectivity index (χ1v) is 12.0. The molecule has 3 unspecified atom stereocenters. The Bertz CT molecular complexity index is 1060. The van der Waals surface area contributed by atoms with Crippen LogP contribution in [-0.2, 0) is 6.54 Å². The van der Waals surface area contributed by atoms with Crippen LogP contribution in [0.2, 0.25) is 0 Å². The van der Waals surface area contributed by atoms with E-state index in [1.807, 2.05) is 36.4 Å². The second kappa shape index (κ2) is 11.8. The van der Waals surface area contributed by atoms with Gasteiger partial charge in [0.25, 0.3) is 0 Å². The fourth-order valence-electron chi connectivity index (χ4n) is 5.12. The number of ether oxygens (including phenoxy) is 2. The molecule has 1 saturated heterocycles. The topological polar surface area (TPSA) is 62.8 Å². The molecule has 8 heteroatoms. The Morgan fingerprint density at radius 1 is 1.00 bits per heavy atom. The summed E-state index contributed by atoms with van der Waals surface area (Å²) >= 11 is 0. The summed E-state index contributed by atoms with van der Waals surface area (Å²) in [5, 5.41) is 17.0. The molecule has 1 heterocycles. The van der Waals surface area contributed by atoms with Crippen molar-refractivity contribution in [2.75, 3.05) is 20.3 Å². The summed E-state index contributed by atoms with van der Waals surface area (Å²) in [4.78, 5) is 0. The lowest BCUT2D eigenvalue weighted by atomic mass is 9.80. The van der Waals surface area contributed by atoms with E-state index in [1.165, 1.54) is 30.4 Å². The molecule has 1 aliphatic rings. The molecule has 36 heavy (non-hydrogen) atoms. The Hall–Kier alpha value is -3.07. The molecule has 192 valence electrons. The second-order valence-corrected chi connectivity index (χ2v) is 8.93. The fourth-order valence-corrected chi connectivity index (χ4v) is 5.12. The average molecular weight is 501 g/mol. The number of benzene rings is 3. The highest BCUT2D eigenvalue weighted by Gasteiger charge is 2.40. The van der Waals surface area contributed by atoms with Crippen molar-refractivity contribution in [2.45, 2.75) is 37.3 Å². The van der Waals surface area contributed by atoms with Gasteiger partial charge in [-0.25, -0.2) is 0 Å². The third-order valence-electron chi connectivity index (χ3n) is 6.71. The standard InChI is InChI=1S/C28H31F3N2O3/c1-35-24-16-23(36-28(29,30)31)13-12-21(24)17-32-26-22(14-15-34)18-33-27(26)25(19-8-4-2-5-9-19)20-10-6-3-7-11-20/h2-13,16,22,25-27,32-34H,14-15,17-18H2,1H3. The van der Waals surface area contributed by atoms with Crippen LogP contribution in [0.1, 0.15) is 29.0 Å². The van der Waals surface area contributed by atoms with E-state index in [9.17, 15) is 18.3 Å². The molecular weight excluding hydrogens is 469 g/mol. The van der Waals surface area contributed by atoms with Gasteiger partial charge in [-0.05, 0) is 36.1 Å². The van der Waals surface area contributed by atoms with Crippen LogP contribution < -0.4 is 20.1 Å². The van der Waals surface area contributed by atoms with Crippen molar-refractivity contribution < 1.29 is 27.8 Å². The molecule has 0 spiro atoms. The first-order valence-electron chi connectivity index (χ1n) is 12.0. The SMILES string of the molecule is COc1cc(OC(F)(F)F)ccc1CNC1C(CCO)CNC1C(c1ccccc1)c1ccccc1. The predicted molar refractivity (Wildman–Crippen MR) is 132 cm³/mol. The van der Waals surface area contributed by atoms with Crippen LogP contribution in [0.3, 0.4) is 0 Å². The summed E-state index contributed by atoms with van der Waals surface area (Å²) in [6.45, 7) is 1.20. The van der Waals surface area contributed by atoms with Gasteiger partial charge < -0.3 is 25.2 Å². The summed E-state index contributed by atoms with van der Waals surface area (Å²) in [5.74, 6) is 0.231. The van der Waals surface area contributed by atoms with Gasteiger partial charge in [0.15, 0.2) is 0 Å². The number of methoxy groups -OCH3 is 1. The van der Waals surface area contributed by atoms with Crippen molar-refractivity contribution in [3.8, 4) is 11.5 Å². The maximum absolute atomic E-state index is 12.6.